The fourth-order valence-electron chi connectivity index (χ4n) is 2.94. The quantitative estimate of drug-likeness (QED) is 0.414. The molecule has 0 rings (SSSR count). The van der Waals surface area contributed by atoms with E-state index in [1.54, 1.807) is 7.11 Å². The molecule has 0 aromatic carbocycles. The molecule has 0 aliphatic carbocycles. The van der Waals surface area contributed by atoms with Gasteiger partial charge in [-0.1, -0.05) is 84.5 Å². The average Bonchev–Trinajstić information content (AvgIpc) is 2.48. The molecule has 0 aliphatic rings. The van der Waals surface area contributed by atoms with Gasteiger partial charge in [0.05, 0.1) is 6.10 Å². The molecular weight excluding hydrogens is 246 g/mol. The fourth-order valence-corrected chi connectivity index (χ4v) is 2.94. The Kier molecular flexibility index (Phi) is 15.3. The molecule has 0 saturated heterocycles. The van der Waals surface area contributed by atoms with Crippen LogP contribution in [0.1, 0.15) is 90.9 Å². The topological polar surface area (TPSA) is 35.2 Å². The van der Waals surface area contributed by atoms with E-state index in [2.05, 4.69) is 13.8 Å². The lowest BCUT2D eigenvalue weighted by atomic mass is 9.89. The molecular formula is C18H39NO. The van der Waals surface area contributed by atoms with E-state index in [9.17, 15) is 0 Å². The van der Waals surface area contributed by atoms with E-state index in [4.69, 9.17) is 10.5 Å². The highest BCUT2D eigenvalue weighted by atomic mass is 16.5. The summed E-state index contributed by atoms with van der Waals surface area (Å²) in [5, 5.41) is 0. The number of hydrogen-bond acceptors (Lipinski definition) is 2. The van der Waals surface area contributed by atoms with E-state index in [0.717, 1.165) is 12.3 Å². The van der Waals surface area contributed by atoms with Gasteiger partial charge in [-0.05, 0) is 12.3 Å². The second-order valence-electron chi connectivity index (χ2n) is 6.25. The van der Waals surface area contributed by atoms with Gasteiger partial charge in [-0.15, -0.1) is 0 Å². The van der Waals surface area contributed by atoms with Crippen LogP contribution in [0.3, 0.4) is 0 Å². The third kappa shape index (κ3) is 11.7. The Hall–Kier alpha value is -0.0800. The molecule has 20 heavy (non-hydrogen) atoms. The third-order valence-electron chi connectivity index (χ3n) is 4.37. The first-order valence-electron chi connectivity index (χ1n) is 9.01. The fraction of sp³-hybridized carbons (Fsp3) is 1.00. The van der Waals surface area contributed by atoms with Gasteiger partial charge in [0.1, 0.15) is 0 Å². The molecule has 0 saturated carbocycles. The van der Waals surface area contributed by atoms with Crippen LogP contribution in [0.2, 0.25) is 0 Å². The van der Waals surface area contributed by atoms with Crippen LogP contribution < -0.4 is 5.73 Å². The van der Waals surface area contributed by atoms with Gasteiger partial charge in [0, 0.05) is 13.7 Å². The minimum absolute atomic E-state index is 0.266. The average molecular weight is 286 g/mol. The standard InChI is InChI=1S/C18H39NO/c1-4-6-8-10-12-14-17(13-11-9-7-5-2)15-18(16-19)20-3/h17-18H,4-16,19H2,1-3H3. The Morgan fingerprint density at radius 3 is 1.75 bits per heavy atom. The van der Waals surface area contributed by atoms with Crippen LogP contribution in [0, 0.1) is 5.92 Å². The van der Waals surface area contributed by atoms with Crippen molar-refractivity contribution >= 4 is 0 Å². The van der Waals surface area contributed by atoms with Crippen molar-refractivity contribution in [2.24, 2.45) is 11.7 Å². The molecule has 2 atom stereocenters. The zero-order valence-corrected chi connectivity index (χ0v) is 14.3. The van der Waals surface area contributed by atoms with Crippen LogP contribution in [0.25, 0.3) is 0 Å². The molecule has 0 aromatic heterocycles. The number of hydrogen-bond donors (Lipinski definition) is 1. The Labute approximate surface area is 127 Å². The van der Waals surface area contributed by atoms with Crippen molar-refractivity contribution in [2.45, 2.75) is 97.0 Å². The SMILES string of the molecule is CCCCCCCC(CCCCCC)CC(CN)OC. The molecule has 2 nitrogen and oxygen atoms in total. The maximum absolute atomic E-state index is 5.78. The molecule has 2 unspecified atom stereocenters. The van der Waals surface area contributed by atoms with Crippen LogP contribution >= 0.6 is 0 Å². The van der Waals surface area contributed by atoms with Gasteiger partial charge < -0.3 is 10.5 Å². The first-order chi connectivity index (χ1) is 9.78. The molecule has 2 N–H and O–H groups in total. The maximum Gasteiger partial charge on any atom is 0.0696 e. The van der Waals surface area contributed by atoms with E-state index >= 15 is 0 Å². The number of nitrogens with two attached hydrogens (primary N) is 1. The van der Waals surface area contributed by atoms with Crippen LogP contribution in [-0.4, -0.2) is 19.8 Å². The Balaban J connectivity index is 3.90. The van der Waals surface area contributed by atoms with E-state index in [-0.39, 0.29) is 6.10 Å². The van der Waals surface area contributed by atoms with E-state index in [0.29, 0.717) is 6.54 Å². The minimum atomic E-state index is 0.266. The van der Waals surface area contributed by atoms with Gasteiger partial charge in [0.2, 0.25) is 0 Å². The van der Waals surface area contributed by atoms with Crippen LogP contribution in [0.15, 0.2) is 0 Å². The second-order valence-corrected chi connectivity index (χ2v) is 6.25. The zero-order chi connectivity index (χ0) is 15.1. The molecule has 0 amide bonds. The smallest absolute Gasteiger partial charge is 0.0696 e. The molecule has 122 valence electrons. The molecule has 0 spiro atoms. The number of ether oxygens (including phenoxy) is 1. The van der Waals surface area contributed by atoms with Crippen molar-refractivity contribution in [1.82, 2.24) is 0 Å². The summed E-state index contributed by atoms with van der Waals surface area (Å²) in [6.45, 7) is 5.22. The van der Waals surface area contributed by atoms with Gasteiger partial charge in [-0.25, -0.2) is 0 Å². The van der Waals surface area contributed by atoms with E-state index in [1.807, 2.05) is 0 Å². The Morgan fingerprint density at radius 2 is 1.30 bits per heavy atom. The summed E-state index contributed by atoms with van der Waals surface area (Å²) in [5.41, 5.74) is 5.78. The molecule has 0 radical (unpaired) electrons. The predicted octanol–water partition coefficient (Wildman–Crippen LogP) is 5.30. The molecule has 0 heterocycles. The number of methoxy groups -OCH3 is 1. The van der Waals surface area contributed by atoms with Crippen molar-refractivity contribution in [3.63, 3.8) is 0 Å². The first-order valence-corrected chi connectivity index (χ1v) is 9.01. The summed E-state index contributed by atoms with van der Waals surface area (Å²) in [6, 6.07) is 0. The number of unbranched alkanes of at least 4 members (excludes halogenated alkanes) is 7. The lowest BCUT2D eigenvalue weighted by Gasteiger charge is -2.22. The zero-order valence-electron chi connectivity index (χ0n) is 14.3. The van der Waals surface area contributed by atoms with Gasteiger partial charge in [0.25, 0.3) is 0 Å². The van der Waals surface area contributed by atoms with Gasteiger partial charge >= 0.3 is 0 Å². The number of rotatable bonds is 15. The van der Waals surface area contributed by atoms with Gasteiger partial charge in [-0.2, -0.15) is 0 Å². The Bertz CT molecular complexity index is 180. The summed E-state index contributed by atoms with van der Waals surface area (Å²) in [6.07, 6.45) is 16.6. The van der Waals surface area contributed by atoms with E-state index < -0.39 is 0 Å². The van der Waals surface area contributed by atoms with Crippen molar-refractivity contribution in [1.29, 1.82) is 0 Å². The highest BCUT2D eigenvalue weighted by molar-refractivity contribution is 4.68. The van der Waals surface area contributed by atoms with Gasteiger partial charge in [-0.3, -0.25) is 0 Å². The monoisotopic (exact) mass is 285 g/mol. The Morgan fingerprint density at radius 1 is 0.800 bits per heavy atom. The summed E-state index contributed by atoms with van der Waals surface area (Å²) in [7, 11) is 1.80. The van der Waals surface area contributed by atoms with Crippen LogP contribution in [0.4, 0.5) is 0 Å². The lowest BCUT2D eigenvalue weighted by Crippen LogP contribution is -2.25. The van der Waals surface area contributed by atoms with Gasteiger partial charge in [0.15, 0.2) is 0 Å². The van der Waals surface area contributed by atoms with Crippen LogP contribution in [0.5, 0.6) is 0 Å². The second kappa shape index (κ2) is 15.3. The van der Waals surface area contributed by atoms with Crippen molar-refractivity contribution in [3.05, 3.63) is 0 Å². The van der Waals surface area contributed by atoms with Crippen molar-refractivity contribution in [3.8, 4) is 0 Å². The minimum Gasteiger partial charge on any atom is -0.380 e. The summed E-state index contributed by atoms with van der Waals surface area (Å²) in [5.74, 6) is 0.821. The van der Waals surface area contributed by atoms with E-state index in [1.165, 1.54) is 70.6 Å². The molecule has 0 fully saturated rings. The summed E-state index contributed by atoms with van der Waals surface area (Å²) in [4.78, 5) is 0. The molecule has 0 aromatic rings. The lowest BCUT2D eigenvalue weighted by molar-refractivity contribution is 0.0828. The third-order valence-corrected chi connectivity index (χ3v) is 4.37. The summed E-state index contributed by atoms with van der Waals surface area (Å²) < 4.78 is 5.48. The molecule has 2 heteroatoms. The highest BCUT2D eigenvalue weighted by Crippen LogP contribution is 2.23. The molecule has 0 aliphatic heterocycles. The first kappa shape index (κ1) is 19.9. The van der Waals surface area contributed by atoms with Crippen molar-refractivity contribution in [2.75, 3.05) is 13.7 Å². The maximum atomic E-state index is 5.78. The summed E-state index contributed by atoms with van der Waals surface area (Å²) >= 11 is 0. The normalized spacial score (nSPS) is 14.4. The highest BCUT2D eigenvalue weighted by Gasteiger charge is 2.14. The largest absolute Gasteiger partial charge is 0.380 e. The van der Waals surface area contributed by atoms with Crippen LogP contribution in [-0.2, 0) is 4.74 Å². The molecule has 0 bridgehead atoms. The predicted molar refractivity (Wildman–Crippen MR) is 90.1 cm³/mol. The van der Waals surface area contributed by atoms with Crippen molar-refractivity contribution < 1.29 is 4.74 Å².